The third-order valence-corrected chi connectivity index (χ3v) is 7.46. The molecule has 37 heavy (non-hydrogen) atoms. The highest BCUT2D eigenvalue weighted by atomic mass is 16.6. The average molecular weight is 524 g/mol. The summed E-state index contributed by atoms with van der Waals surface area (Å²) >= 11 is 0. The van der Waals surface area contributed by atoms with Crippen LogP contribution in [-0.2, 0) is 23.9 Å². The first-order valence-corrected chi connectivity index (χ1v) is 12.8. The van der Waals surface area contributed by atoms with E-state index in [1.54, 1.807) is 48.5 Å². The minimum absolute atomic E-state index is 0.293. The molecule has 0 radical (unpaired) electrons. The third-order valence-electron chi connectivity index (χ3n) is 7.46. The summed E-state index contributed by atoms with van der Waals surface area (Å²) in [5.41, 5.74) is 6.69. The summed E-state index contributed by atoms with van der Waals surface area (Å²) in [5, 5.41) is 8.12. The maximum atomic E-state index is 13.8. The summed E-state index contributed by atoms with van der Waals surface area (Å²) in [7, 11) is 0. The second-order valence-electron chi connectivity index (χ2n) is 13.4. The van der Waals surface area contributed by atoms with Gasteiger partial charge < -0.3 is 36.9 Å². The number of carbonyl (C=O) groups excluding carboxylic acids is 5. The third kappa shape index (κ3) is 6.08. The lowest BCUT2D eigenvalue weighted by Crippen LogP contribution is -2.79. The van der Waals surface area contributed by atoms with Crippen LogP contribution in [0, 0.1) is 28.6 Å². The lowest BCUT2D eigenvalue weighted by molar-refractivity contribution is -0.154. The molecule has 5 unspecified atom stereocenters. The highest BCUT2D eigenvalue weighted by Gasteiger charge is 2.70. The maximum absolute atomic E-state index is 13.8. The van der Waals surface area contributed by atoms with Crippen molar-refractivity contribution in [3.63, 3.8) is 0 Å². The van der Waals surface area contributed by atoms with Crippen molar-refractivity contribution in [1.29, 1.82) is 0 Å². The van der Waals surface area contributed by atoms with E-state index in [4.69, 9.17) is 16.2 Å². The van der Waals surface area contributed by atoms with E-state index in [9.17, 15) is 24.0 Å². The van der Waals surface area contributed by atoms with Crippen molar-refractivity contribution >= 4 is 30.1 Å². The monoisotopic (exact) mass is 523 g/mol. The number of nitrogens with two attached hydrogens (primary N) is 2. The van der Waals surface area contributed by atoms with Gasteiger partial charge in [0.15, 0.2) is 5.66 Å². The number of carbonyl (C=O) groups is 5. The molecule has 1 saturated carbocycles. The molecule has 5 atom stereocenters. The molecule has 0 spiro atoms. The Morgan fingerprint density at radius 2 is 1.68 bits per heavy atom. The summed E-state index contributed by atoms with van der Waals surface area (Å²) in [6, 6.07) is -1.18. The van der Waals surface area contributed by atoms with Crippen molar-refractivity contribution in [3.05, 3.63) is 0 Å². The fourth-order valence-corrected chi connectivity index (χ4v) is 5.81. The molecule has 0 aromatic rings. The van der Waals surface area contributed by atoms with Gasteiger partial charge in [-0.05, 0) is 65.2 Å². The Morgan fingerprint density at radius 3 is 2.03 bits per heavy atom. The number of primary amides is 1. The van der Waals surface area contributed by atoms with Gasteiger partial charge in [-0.2, -0.15) is 0 Å². The smallest absolute Gasteiger partial charge is 0.408 e. The fraction of sp³-hybridized carbons (Fsp3) is 0.808. The van der Waals surface area contributed by atoms with Crippen molar-refractivity contribution in [1.82, 2.24) is 16.0 Å². The molecule has 2 fully saturated rings. The highest BCUT2D eigenvalue weighted by molar-refractivity contribution is 5.96. The average Bonchev–Trinajstić information content (AvgIpc) is 3.49. The number of hydrogen-bond donors (Lipinski definition) is 5. The number of rotatable bonds is 9. The molecule has 2 rings (SSSR count). The van der Waals surface area contributed by atoms with E-state index in [1.807, 2.05) is 13.8 Å². The van der Waals surface area contributed by atoms with Gasteiger partial charge in [-0.15, -0.1) is 0 Å². The zero-order chi connectivity index (χ0) is 28.8. The molecule has 11 nitrogen and oxygen atoms in total. The van der Waals surface area contributed by atoms with Crippen LogP contribution in [0.1, 0.15) is 81.6 Å². The molecule has 4 amide bonds. The zero-order valence-corrected chi connectivity index (χ0v) is 23.6. The zero-order valence-electron chi connectivity index (χ0n) is 23.6. The Kier molecular flexibility index (Phi) is 8.16. The lowest BCUT2D eigenvalue weighted by Gasteiger charge is -2.52. The first-order valence-electron chi connectivity index (χ1n) is 12.8. The second-order valence-corrected chi connectivity index (χ2v) is 13.4. The van der Waals surface area contributed by atoms with Crippen LogP contribution in [0.4, 0.5) is 4.79 Å². The van der Waals surface area contributed by atoms with Gasteiger partial charge in [0.05, 0.1) is 5.92 Å². The second kappa shape index (κ2) is 9.89. The Balaban J connectivity index is 2.61. The summed E-state index contributed by atoms with van der Waals surface area (Å²) in [5.74, 6) is -4.25. The Hall–Kier alpha value is -2.69. The van der Waals surface area contributed by atoms with Gasteiger partial charge in [-0.3, -0.25) is 14.4 Å². The molecule has 210 valence electrons. The van der Waals surface area contributed by atoms with E-state index in [-0.39, 0.29) is 11.8 Å². The highest BCUT2D eigenvalue weighted by Crippen LogP contribution is 2.61. The Bertz CT molecular complexity index is 948. The van der Waals surface area contributed by atoms with Gasteiger partial charge in [-0.1, -0.05) is 27.7 Å². The quantitative estimate of drug-likeness (QED) is 0.223. The van der Waals surface area contributed by atoms with E-state index in [2.05, 4.69) is 16.0 Å². The van der Waals surface area contributed by atoms with Gasteiger partial charge in [-0.25, -0.2) is 4.79 Å². The Morgan fingerprint density at radius 1 is 1.14 bits per heavy atom. The SMILES string of the molecule is CC(C=O)C(C1CC1)(C1CC(C)(C)NC1=O)C(N)(NC(=O)C(NC(=O)OC(C)(C)C)C(C)(C)C)C(N)=O. The van der Waals surface area contributed by atoms with E-state index in [0.29, 0.717) is 25.5 Å². The molecule has 11 heteroatoms. The minimum Gasteiger partial charge on any atom is -0.444 e. The number of aldehydes is 1. The predicted octanol–water partition coefficient (Wildman–Crippen LogP) is 1.33. The molecule has 1 heterocycles. The van der Waals surface area contributed by atoms with Gasteiger partial charge >= 0.3 is 6.09 Å². The molecule has 0 aromatic carbocycles. The van der Waals surface area contributed by atoms with E-state index >= 15 is 0 Å². The van der Waals surface area contributed by atoms with Gasteiger partial charge in [0.1, 0.15) is 17.9 Å². The van der Waals surface area contributed by atoms with Gasteiger partial charge in [0.2, 0.25) is 11.8 Å². The summed E-state index contributed by atoms with van der Waals surface area (Å²) in [6.45, 7) is 15.5. The number of alkyl carbamates (subject to hydrolysis) is 1. The van der Waals surface area contributed by atoms with Crippen molar-refractivity contribution in [3.8, 4) is 0 Å². The topological polar surface area (TPSA) is 183 Å². The molecular formula is C26H45N5O6. The molecule has 0 bridgehead atoms. The van der Waals surface area contributed by atoms with Crippen LogP contribution in [-0.4, -0.2) is 52.9 Å². The van der Waals surface area contributed by atoms with E-state index < -0.39 is 63.4 Å². The Labute approximate surface area is 219 Å². The maximum Gasteiger partial charge on any atom is 0.408 e. The van der Waals surface area contributed by atoms with Crippen LogP contribution in [0.15, 0.2) is 0 Å². The molecule has 2 aliphatic rings. The number of nitrogens with one attached hydrogen (secondary N) is 3. The number of hydrogen-bond acceptors (Lipinski definition) is 7. The lowest BCUT2D eigenvalue weighted by atomic mass is 9.55. The van der Waals surface area contributed by atoms with Crippen LogP contribution in [0.2, 0.25) is 0 Å². The molecular weight excluding hydrogens is 478 g/mol. The molecule has 0 aromatic heterocycles. The summed E-state index contributed by atoms with van der Waals surface area (Å²) in [6.07, 6.45) is 1.36. The summed E-state index contributed by atoms with van der Waals surface area (Å²) < 4.78 is 5.33. The fourth-order valence-electron chi connectivity index (χ4n) is 5.81. The van der Waals surface area contributed by atoms with Crippen molar-refractivity contribution in [2.24, 2.45) is 40.1 Å². The van der Waals surface area contributed by atoms with Gasteiger partial charge in [0, 0.05) is 16.9 Å². The molecule has 1 aliphatic carbocycles. The minimum atomic E-state index is -2.27. The number of amides is 4. The van der Waals surface area contributed by atoms with Crippen LogP contribution < -0.4 is 27.4 Å². The van der Waals surface area contributed by atoms with Crippen LogP contribution in [0.5, 0.6) is 0 Å². The van der Waals surface area contributed by atoms with E-state index in [0.717, 1.165) is 0 Å². The van der Waals surface area contributed by atoms with Gasteiger partial charge in [0.25, 0.3) is 5.91 Å². The standard InChI is InChI=1S/C26H45N5O6/c1-14(13-32)25(15-10-11-15,16-12-24(8,9)30-18(16)33)26(28,20(27)35)31-19(34)17(22(2,3)4)29-21(36)37-23(5,6)7/h13-17H,10-12,28H2,1-9H3,(H2,27,35)(H,29,36)(H,30,33)(H,31,34). The van der Waals surface area contributed by atoms with Crippen LogP contribution in [0.25, 0.3) is 0 Å². The normalized spacial score (nSPS) is 24.5. The first kappa shape index (κ1) is 30.5. The number of ether oxygens (including phenoxy) is 1. The predicted molar refractivity (Wildman–Crippen MR) is 138 cm³/mol. The molecule has 7 N–H and O–H groups in total. The van der Waals surface area contributed by atoms with Crippen molar-refractivity contribution < 1.29 is 28.7 Å². The summed E-state index contributed by atoms with van der Waals surface area (Å²) in [4.78, 5) is 65.1. The van der Waals surface area contributed by atoms with Crippen LogP contribution in [0.3, 0.4) is 0 Å². The van der Waals surface area contributed by atoms with Crippen molar-refractivity contribution in [2.75, 3.05) is 0 Å². The molecule has 1 saturated heterocycles. The van der Waals surface area contributed by atoms with Crippen molar-refractivity contribution in [2.45, 2.75) is 104 Å². The molecule has 1 aliphatic heterocycles. The first-order chi connectivity index (χ1) is 16.6. The van der Waals surface area contributed by atoms with E-state index in [1.165, 1.54) is 0 Å². The largest absolute Gasteiger partial charge is 0.444 e. The van der Waals surface area contributed by atoms with Crippen LogP contribution >= 0.6 is 0 Å².